The lowest BCUT2D eigenvalue weighted by Gasteiger charge is -2.11. The molecule has 0 aliphatic carbocycles. The predicted octanol–water partition coefficient (Wildman–Crippen LogP) is 2.69. The molecule has 1 aromatic carbocycles. The smallest absolute Gasteiger partial charge is 0.118 e. The zero-order chi connectivity index (χ0) is 9.42. The first-order chi connectivity index (χ1) is 6.16. The first-order valence-corrected chi connectivity index (χ1v) is 4.67. The van der Waals surface area contributed by atoms with Gasteiger partial charge in [0, 0.05) is 5.69 Å². The van der Waals surface area contributed by atoms with Crippen molar-refractivity contribution in [3.05, 3.63) is 29.3 Å². The highest BCUT2D eigenvalue weighted by Crippen LogP contribution is 2.28. The molecule has 1 N–H and O–H groups in total. The lowest BCUT2D eigenvalue weighted by molar-refractivity contribution is 0.322. The Morgan fingerprint density at radius 1 is 1.54 bits per heavy atom. The van der Waals surface area contributed by atoms with Crippen molar-refractivity contribution in [2.24, 2.45) is 0 Å². The number of halogens is 1. The van der Waals surface area contributed by atoms with E-state index in [0.717, 1.165) is 12.1 Å². The highest BCUT2D eigenvalue weighted by atomic mass is 19.1. The highest BCUT2D eigenvalue weighted by Gasteiger charge is 2.24. The van der Waals surface area contributed by atoms with Crippen LogP contribution in [0.5, 0.6) is 0 Å². The van der Waals surface area contributed by atoms with Gasteiger partial charge in [-0.1, -0.05) is 12.1 Å². The number of fused-ring (bicyclic) bond motifs is 1. The molecule has 2 heteroatoms. The topological polar surface area (TPSA) is 12.0 Å². The maximum absolute atomic E-state index is 13.0. The fraction of sp³-hybridized carbons (Fsp3) is 0.455. The average Bonchev–Trinajstić information content (AvgIpc) is 2.46. The molecule has 2 unspecified atom stereocenters. The minimum Gasteiger partial charge on any atom is -0.379 e. The fourth-order valence-electron chi connectivity index (χ4n) is 1.77. The number of alkyl halides is 1. The molecule has 1 aliphatic rings. The van der Waals surface area contributed by atoms with Crippen LogP contribution < -0.4 is 5.32 Å². The molecule has 0 radical (unpaired) electrons. The summed E-state index contributed by atoms with van der Waals surface area (Å²) in [4.78, 5) is 0. The van der Waals surface area contributed by atoms with Gasteiger partial charge in [-0.2, -0.15) is 0 Å². The van der Waals surface area contributed by atoms with Crippen molar-refractivity contribution >= 4 is 5.69 Å². The van der Waals surface area contributed by atoms with Gasteiger partial charge >= 0.3 is 0 Å². The molecule has 2 rings (SSSR count). The summed E-state index contributed by atoms with van der Waals surface area (Å²) >= 11 is 0. The van der Waals surface area contributed by atoms with Gasteiger partial charge in [-0.3, -0.25) is 0 Å². The van der Waals surface area contributed by atoms with Crippen molar-refractivity contribution < 1.29 is 4.39 Å². The predicted molar refractivity (Wildman–Crippen MR) is 52.9 cm³/mol. The summed E-state index contributed by atoms with van der Waals surface area (Å²) < 4.78 is 13.0. The third-order valence-electron chi connectivity index (χ3n) is 2.60. The van der Waals surface area contributed by atoms with Crippen molar-refractivity contribution in [2.75, 3.05) is 5.32 Å². The summed E-state index contributed by atoms with van der Waals surface area (Å²) in [5, 5.41) is 3.20. The third-order valence-corrected chi connectivity index (χ3v) is 2.60. The second-order valence-corrected chi connectivity index (χ2v) is 3.79. The van der Waals surface area contributed by atoms with Crippen LogP contribution in [-0.2, 0) is 6.42 Å². The van der Waals surface area contributed by atoms with E-state index in [9.17, 15) is 4.39 Å². The van der Waals surface area contributed by atoms with Crippen LogP contribution in [0, 0.1) is 6.92 Å². The lowest BCUT2D eigenvalue weighted by Crippen LogP contribution is -2.25. The average molecular weight is 179 g/mol. The number of aryl methyl sites for hydroxylation is 1. The van der Waals surface area contributed by atoms with E-state index in [2.05, 4.69) is 23.5 Å². The molecule has 70 valence electrons. The Hall–Kier alpha value is -1.05. The maximum Gasteiger partial charge on any atom is 0.118 e. The molecule has 0 bridgehead atoms. The van der Waals surface area contributed by atoms with Crippen LogP contribution in [0.2, 0.25) is 0 Å². The Bertz CT molecular complexity index is 320. The highest BCUT2D eigenvalue weighted by molar-refractivity contribution is 5.58. The number of nitrogens with one attached hydrogen (secondary N) is 1. The van der Waals surface area contributed by atoms with Gasteiger partial charge in [-0.25, -0.2) is 4.39 Å². The summed E-state index contributed by atoms with van der Waals surface area (Å²) in [6.07, 6.45) is 0.0282. The third kappa shape index (κ3) is 1.53. The van der Waals surface area contributed by atoms with Gasteiger partial charge in [0.05, 0.1) is 6.04 Å². The van der Waals surface area contributed by atoms with E-state index in [1.807, 2.05) is 6.92 Å². The number of hydrogen-bond donors (Lipinski definition) is 1. The minimum absolute atomic E-state index is 0.0307. The van der Waals surface area contributed by atoms with E-state index < -0.39 is 6.17 Å². The zero-order valence-corrected chi connectivity index (χ0v) is 7.97. The summed E-state index contributed by atoms with van der Waals surface area (Å²) in [6, 6.07) is 6.21. The Morgan fingerprint density at radius 3 is 3.00 bits per heavy atom. The van der Waals surface area contributed by atoms with Crippen LogP contribution in [0.3, 0.4) is 0 Å². The Balaban J connectivity index is 2.25. The van der Waals surface area contributed by atoms with Crippen molar-refractivity contribution in [3.8, 4) is 0 Å². The van der Waals surface area contributed by atoms with Gasteiger partial charge in [0.2, 0.25) is 0 Å². The number of benzene rings is 1. The van der Waals surface area contributed by atoms with Crippen LogP contribution in [0.4, 0.5) is 10.1 Å². The first-order valence-electron chi connectivity index (χ1n) is 4.67. The monoisotopic (exact) mass is 179 g/mol. The van der Waals surface area contributed by atoms with Crippen molar-refractivity contribution in [1.29, 1.82) is 0 Å². The molecule has 0 saturated carbocycles. The molecule has 0 spiro atoms. The molecule has 1 aromatic rings. The van der Waals surface area contributed by atoms with Crippen LogP contribution in [-0.4, -0.2) is 12.2 Å². The van der Waals surface area contributed by atoms with Crippen LogP contribution in [0.1, 0.15) is 18.1 Å². The van der Waals surface area contributed by atoms with E-state index in [0.29, 0.717) is 0 Å². The van der Waals surface area contributed by atoms with Crippen molar-refractivity contribution in [3.63, 3.8) is 0 Å². The molecule has 1 nitrogen and oxygen atoms in total. The molecule has 0 fully saturated rings. The zero-order valence-electron chi connectivity index (χ0n) is 7.97. The molecule has 13 heavy (non-hydrogen) atoms. The molecule has 0 aromatic heterocycles. The summed E-state index contributed by atoms with van der Waals surface area (Å²) in [6.45, 7) is 3.66. The van der Waals surface area contributed by atoms with E-state index in [4.69, 9.17) is 0 Å². The van der Waals surface area contributed by atoms with Gasteiger partial charge in [0.1, 0.15) is 6.17 Å². The first kappa shape index (κ1) is 8.54. The summed E-state index contributed by atoms with van der Waals surface area (Å²) in [5.74, 6) is 0. The number of rotatable bonds is 1. The summed E-state index contributed by atoms with van der Waals surface area (Å²) in [7, 11) is 0. The van der Waals surface area contributed by atoms with Crippen LogP contribution in [0.25, 0.3) is 0 Å². The van der Waals surface area contributed by atoms with Crippen LogP contribution >= 0.6 is 0 Å². The normalized spacial score (nSPS) is 22.2. The summed E-state index contributed by atoms with van der Waals surface area (Å²) in [5.41, 5.74) is 3.56. The van der Waals surface area contributed by atoms with Gasteiger partial charge < -0.3 is 5.32 Å². The van der Waals surface area contributed by atoms with E-state index in [1.165, 1.54) is 11.1 Å². The second kappa shape index (κ2) is 3.02. The SMILES string of the molecule is Cc1ccc2c(c1)NC(C(C)F)C2. The number of hydrogen-bond acceptors (Lipinski definition) is 1. The Kier molecular flexibility index (Phi) is 1.98. The largest absolute Gasteiger partial charge is 0.379 e. The molecule has 1 aliphatic heterocycles. The second-order valence-electron chi connectivity index (χ2n) is 3.79. The standard InChI is InChI=1S/C11H14FN/c1-7-3-4-9-6-10(8(2)12)13-11(9)5-7/h3-5,8,10,13H,6H2,1-2H3. The van der Waals surface area contributed by atoms with Crippen molar-refractivity contribution in [2.45, 2.75) is 32.5 Å². The quantitative estimate of drug-likeness (QED) is 0.699. The van der Waals surface area contributed by atoms with E-state index in [1.54, 1.807) is 6.92 Å². The van der Waals surface area contributed by atoms with Gasteiger partial charge in [0.25, 0.3) is 0 Å². The van der Waals surface area contributed by atoms with Crippen molar-refractivity contribution in [1.82, 2.24) is 0 Å². The van der Waals surface area contributed by atoms with Crippen LogP contribution in [0.15, 0.2) is 18.2 Å². The maximum atomic E-state index is 13.0. The number of anilines is 1. The lowest BCUT2D eigenvalue weighted by atomic mass is 10.1. The van der Waals surface area contributed by atoms with Gasteiger partial charge in [0.15, 0.2) is 0 Å². The van der Waals surface area contributed by atoms with Gasteiger partial charge in [-0.05, 0) is 37.5 Å². The van der Waals surface area contributed by atoms with E-state index in [-0.39, 0.29) is 6.04 Å². The molecular weight excluding hydrogens is 165 g/mol. The van der Waals surface area contributed by atoms with Gasteiger partial charge in [-0.15, -0.1) is 0 Å². The molecule has 2 atom stereocenters. The van der Waals surface area contributed by atoms with E-state index >= 15 is 0 Å². The Morgan fingerprint density at radius 2 is 2.31 bits per heavy atom. The molecule has 0 saturated heterocycles. The molecular formula is C11H14FN. The molecule has 0 amide bonds. The fourth-order valence-corrected chi connectivity index (χ4v) is 1.77. The Labute approximate surface area is 78.0 Å². The molecule has 1 heterocycles. The minimum atomic E-state index is -0.785.